The van der Waals surface area contributed by atoms with Gasteiger partial charge in [-0.05, 0) is 38.8 Å². The Balaban J connectivity index is 2.05. The van der Waals surface area contributed by atoms with E-state index in [2.05, 4.69) is 24.1 Å². The Hall–Kier alpha value is -1.82. The molecule has 1 aromatic carbocycles. The third-order valence-electron chi connectivity index (χ3n) is 4.02. The zero-order valence-corrected chi connectivity index (χ0v) is 12.8. The molecule has 6 nitrogen and oxygen atoms in total. The number of hydrogen-bond acceptors (Lipinski definition) is 5. The fourth-order valence-corrected chi connectivity index (χ4v) is 2.69. The molecule has 0 aliphatic carbocycles. The predicted octanol–water partition coefficient (Wildman–Crippen LogP) is 2.89. The summed E-state index contributed by atoms with van der Waals surface area (Å²) in [6.45, 7) is 6.45. The van der Waals surface area contributed by atoms with Crippen molar-refractivity contribution in [3.63, 3.8) is 0 Å². The summed E-state index contributed by atoms with van der Waals surface area (Å²) in [4.78, 5) is 13.2. The van der Waals surface area contributed by atoms with Crippen LogP contribution in [0.2, 0.25) is 0 Å². The van der Waals surface area contributed by atoms with Gasteiger partial charge in [0.2, 0.25) is 0 Å². The molecule has 2 rings (SSSR count). The average molecular weight is 293 g/mol. The molecule has 1 fully saturated rings. The van der Waals surface area contributed by atoms with E-state index in [1.165, 1.54) is 13.2 Å². The van der Waals surface area contributed by atoms with E-state index in [1.807, 2.05) is 0 Å². The van der Waals surface area contributed by atoms with E-state index >= 15 is 0 Å². The van der Waals surface area contributed by atoms with Gasteiger partial charge in [0.15, 0.2) is 0 Å². The van der Waals surface area contributed by atoms with Crippen molar-refractivity contribution >= 4 is 11.4 Å². The second kappa shape index (κ2) is 6.76. The smallest absolute Gasteiger partial charge is 0.296 e. The van der Waals surface area contributed by atoms with Crippen LogP contribution in [0.4, 0.5) is 11.4 Å². The van der Waals surface area contributed by atoms with Crippen molar-refractivity contribution in [2.75, 3.05) is 25.5 Å². The maximum absolute atomic E-state index is 11.2. The summed E-state index contributed by atoms with van der Waals surface area (Å²) in [5, 5.41) is 14.5. The molecule has 6 heteroatoms. The topological polar surface area (TPSA) is 67.6 Å². The van der Waals surface area contributed by atoms with Gasteiger partial charge in [0.05, 0.1) is 18.1 Å². The van der Waals surface area contributed by atoms with E-state index in [1.54, 1.807) is 12.1 Å². The lowest BCUT2D eigenvalue weighted by atomic mass is 10.0. The fourth-order valence-electron chi connectivity index (χ4n) is 2.69. The number of nitro groups is 1. The first-order valence-corrected chi connectivity index (χ1v) is 7.34. The van der Waals surface area contributed by atoms with Gasteiger partial charge in [-0.25, -0.2) is 0 Å². The molecule has 0 aromatic heterocycles. The van der Waals surface area contributed by atoms with Gasteiger partial charge >= 0.3 is 0 Å². The van der Waals surface area contributed by atoms with Crippen LogP contribution in [0.1, 0.15) is 26.7 Å². The summed E-state index contributed by atoms with van der Waals surface area (Å²) in [5.41, 5.74) is 0.643. The van der Waals surface area contributed by atoms with Crippen LogP contribution in [0.25, 0.3) is 0 Å². The Morgan fingerprint density at radius 1 is 1.38 bits per heavy atom. The lowest BCUT2D eigenvalue weighted by molar-refractivity contribution is -0.384. The van der Waals surface area contributed by atoms with Crippen molar-refractivity contribution in [1.29, 1.82) is 0 Å². The van der Waals surface area contributed by atoms with Gasteiger partial charge in [-0.2, -0.15) is 0 Å². The lowest BCUT2D eigenvalue weighted by Crippen LogP contribution is -2.42. The molecule has 0 unspecified atom stereocenters. The third-order valence-corrected chi connectivity index (χ3v) is 4.02. The van der Waals surface area contributed by atoms with Gasteiger partial charge in [0.25, 0.3) is 5.69 Å². The quantitative estimate of drug-likeness (QED) is 0.668. The molecule has 0 spiro atoms. The predicted molar refractivity (Wildman–Crippen MR) is 83.0 cm³/mol. The van der Waals surface area contributed by atoms with E-state index in [4.69, 9.17) is 4.74 Å². The van der Waals surface area contributed by atoms with E-state index in [9.17, 15) is 10.1 Å². The second-order valence-corrected chi connectivity index (χ2v) is 5.69. The first-order valence-electron chi connectivity index (χ1n) is 7.34. The van der Waals surface area contributed by atoms with Crippen LogP contribution < -0.4 is 10.1 Å². The lowest BCUT2D eigenvalue weighted by Gasteiger charge is -2.35. The highest BCUT2D eigenvalue weighted by Gasteiger charge is 2.23. The van der Waals surface area contributed by atoms with Crippen molar-refractivity contribution in [2.45, 2.75) is 38.8 Å². The summed E-state index contributed by atoms with van der Waals surface area (Å²) in [6, 6.07) is 5.78. The van der Waals surface area contributed by atoms with E-state index < -0.39 is 0 Å². The monoisotopic (exact) mass is 293 g/mol. The molecule has 0 amide bonds. The zero-order valence-electron chi connectivity index (χ0n) is 12.8. The van der Waals surface area contributed by atoms with Crippen LogP contribution in [-0.2, 0) is 0 Å². The number of rotatable bonds is 5. The zero-order chi connectivity index (χ0) is 15.4. The van der Waals surface area contributed by atoms with E-state index in [0.717, 1.165) is 25.9 Å². The Labute approximate surface area is 125 Å². The first-order chi connectivity index (χ1) is 10.0. The number of piperidine rings is 1. The molecule has 1 heterocycles. The van der Waals surface area contributed by atoms with Crippen molar-refractivity contribution in [3.8, 4) is 5.75 Å². The minimum absolute atomic E-state index is 0.0700. The number of methoxy groups -OCH3 is 1. The van der Waals surface area contributed by atoms with Crippen LogP contribution in [0, 0.1) is 10.1 Å². The van der Waals surface area contributed by atoms with Gasteiger partial charge in [-0.15, -0.1) is 0 Å². The van der Waals surface area contributed by atoms with Crippen LogP contribution in [-0.4, -0.2) is 42.1 Å². The molecule has 1 saturated heterocycles. The molecule has 1 aliphatic rings. The summed E-state index contributed by atoms with van der Waals surface area (Å²) in [5.74, 6) is 0.502. The van der Waals surface area contributed by atoms with Crippen LogP contribution in [0.15, 0.2) is 18.2 Å². The first kappa shape index (κ1) is 15.6. The summed E-state index contributed by atoms with van der Waals surface area (Å²) in [6.07, 6.45) is 2.00. The number of benzene rings is 1. The molecule has 1 N–H and O–H groups in total. The molecular weight excluding hydrogens is 270 g/mol. The maximum Gasteiger partial charge on any atom is 0.296 e. The molecule has 0 radical (unpaired) electrons. The van der Waals surface area contributed by atoms with Crippen LogP contribution in [0.3, 0.4) is 0 Å². The highest BCUT2D eigenvalue weighted by molar-refractivity contribution is 5.64. The SMILES string of the molecule is COc1ccc(NC2CCN(C(C)C)CC2)c([N+](=O)[O-])c1. The van der Waals surface area contributed by atoms with E-state index in [0.29, 0.717) is 17.5 Å². The van der Waals surface area contributed by atoms with Gasteiger partial charge < -0.3 is 15.0 Å². The van der Waals surface area contributed by atoms with Crippen molar-refractivity contribution in [2.24, 2.45) is 0 Å². The summed E-state index contributed by atoms with van der Waals surface area (Å²) in [7, 11) is 1.51. The average Bonchev–Trinajstić information content (AvgIpc) is 2.48. The Morgan fingerprint density at radius 2 is 2.05 bits per heavy atom. The maximum atomic E-state index is 11.2. The largest absolute Gasteiger partial charge is 0.496 e. The minimum Gasteiger partial charge on any atom is -0.496 e. The molecule has 0 atom stereocenters. The Kier molecular flexibility index (Phi) is 5.01. The number of hydrogen-bond donors (Lipinski definition) is 1. The molecule has 116 valence electrons. The van der Waals surface area contributed by atoms with Gasteiger partial charge in [-0.3, -0.25) is 10.1 Å². The van der Waals surface area contributed by atoms with E-state index in [-0.39, 0.29) is 16.7 Å². The third kappa shape index (κ3) is 3.85. The Morgan fingerprint density at radius 3 is 2.57 bits per heavy atom. The van der Waals surface area contributed by atoms with Crippen LogP contribution in [0.5, 0.6) is 5.75 Å². The summed E-state index contributed by atoms with van der Waals surface area (Å²) >= 11 is 0. The number of anilines is 1. The molecule has 1 aliphatic heterocycles. The van der Waals surface area contributed by atoms with Crippen LogP contribution >= 0.6 is 0 Å². The number of likely N-dealkylation sites (tertiary alicyclic amines) is 1. The summed E-state index contributed by atoms with van der Waals surface area (Å²) < 4.78 is 5.05. The standard InChI is InChI=1S/C15H23N3O3/c1-11(2)17-8-6-12(7-9-17)16-14-5-4-13(21-3)10-15(14)18(19)20/h4-5,10-12,16H,6-9H2,1-3H3. The highest BCUT2D eigenvalue weighted by atomic mass is 16.6. The molecule has 21 heavy (non-hydrogen) atoms. The molecular formula is C15H23N3O3. The number of ether oxygens (including phenoxy) is 1. The molecule has 0 saturated carbocycles. The number of nitrogens with one attached hydrogen (secondary N) is 1. The van der Waals surface area contributed by atoms with Crippen molar-refractivity contribution < 1.29 is 9.66 Å². The normalized spacial score (nSPS) is 17.0. The molecule has 0 bridgehead atoms. The van der Waals surface area contributed by atoms with Gasteiger partial charge in [-0.1, -0.05) is 0 Å². The fraction of sp³-hybridized carbons (Fsp3) is 0.600. The minimum atomic E-state index is -0.367. The van der Waals surface area contributed by atoms with Gasteiger partial charge in [0, 0.05) is 25.2 Å². The number of nitrogens with zero attached hydrogens (tertiary/aromatic N) is 2. The van der Waals surface area contributed by atoms with Crippen molar-refractivity contribution in [3.05, 3.63) is 28.3 Å². The molecule has 1 aromatic rings. The highest BCUT2D eigenvalue weighted by Crippen LogP contribution is 2.30. The van der Waals surface area contributed by atoms with Crippen molar-refractivity contribution in [1.82, 2.24) is 4.90 Å². The second-order valence-electron chi connectivity index (χ2n) is 5.69. The number of nitro benzene ring substituents is 1. The Bertz CT molecular complexity index is 497. The van der Waals surface area contributed by atoms with Gasteiger partial charge in [0.1, 0.15) is 11.4 Å².